The fourth-order valence-corrected chi connectivity index (χ4v) is 1.54. The molecule has 1 atom stereocenters. The molecular formula is C13H19N3O2. The average molecular weight is 249 g/mol. The van der Waals surface area contributed by atoms with Crippen LogP contribution in [0.4, 0.5) is 0 Å². The van der Waals surface area contributed by atoms with E-state index in [0.717, 1.165) is 5.56 Å². The monoisotopic (exact) mass is 249 g/mol. The molecule has 0 bridgehead atoms. The van der Waals surface area contributed by atoms with E-state index >= 15 is 0 Å². The van der Waals surface area contributed by atoms with Crippen LogP contribution in [0.5, 0.6) is 0 Å². The predicted octanol–water partition coefficient (Wildman–Crippen LogP) is 0.286. The Morgan fingerprint density at radius 3 is 2.50 bits per heavy atom. The van der Waals surface area contributed by atoms with Gasteiger partial charge in [-0.1, -0.05) is 30.3 Å². The molecule has 1 unspecified atom stereocenters. The molecule has 0 fully saturated rings. The summed E-state index contributed by atoms with van der Waals surface area (Å²) in [5, 5.41) is 2.76. The number of nitrogens with two attached hydrogens (primary N) is 2. The molecule has 5 heteroatoms. The van der Waals surface area contributed by atoms with Crippen molar-refractivity contribution in [3.8, 4) is 0 Å². The van der Waals surface area contributed by atoms with Gasteiger partial charge in [-0.25, -0.2) is 0 Å². The number of amides is 2. The fraction of sp³-hybridized carbons (Fsp3) is 0.385. The van der Waals surface area contributed by atoms with E-state index in [0.29, 0.717) is 19.4 Å². The molecule has 1 aromatic rings. The summed E-state index contributed by atoms with van der Waals surface area (Å²) in [4.78, 5) is 22.2. The summed E-state index contributed by atoms with van der Waals surface area (Å²) < 4.78 is 0. The van der Waals surface area contributed by atoms with Crippen molar-refractivity contribution in [3.63, 3.8) is 0 Å². The Morgan fingerprint density at radius 1 is 1.22 bits per heavy atom. The SMILES string of the molecule is NC(=O)CCCC(N)C(=O)NCc1ccccc1. The Bertz CT molecular complexity index is 392. The third-order valence-corrected chi connectivity index (χ3v) is 2.58. The standard InChI is InChI=1S/C13H19N3O2/c14-11(7-4-8-12(15)17)13(18)16-9-10-5-2-1-3-6-10/h1-3,5-6,11H,4,7-9,14H2,(H2,15,17)(H,16,18). The zero-order valence-corrected chi connectivity index (χ0v) is 10.3. The van der Waals surface area contributed by atoms with Gasteiger partial charge in [0.2, 0.25) is 11.8 Å². The molecule has 1 aromatic carbocycles. The van der Waals surface area contributed by atoms with Gasteiger partial charge in [0.15, 0.2) is 0 Å². The fourth-order valence-electron chi connectivity index (χ4n) is 1.54. The minimum Gasteiger partial charge on any atom is -0.370 e. The third-order valence-electron chi connectivity index (χ3n) is 2.58. The van der Waals surface area contributed by atoms with Gasteiger partial charge < -0.3 is 16.8 Å². The van der Waals surface area contributed by atoms with Gasteiger partial charge in [-0.2, -0.15) is 0 Å². The van der Waals surface area contributed by atoms with Crippen LogP contribution in [-0.2, 0) is 16.1 Å². The minimum absolute atomic E-state index is 0.205. The molecule has 2 amide bonds. The molecule has 5 nitrogen and oxygen atoms in total. The molecule has 0 heterocycles. The maximum absolute atomic E-state index is 11.6. The molecule has 0 saturated carbocycles. The van der Waals surface area contributed by atoms with Gasteiger partial charge in [0, 0.05) is 13.0 Å². The lowest BCUT2D eigenvalue weighted by Crippen LogP contribution is -2.40. The van der Waals surface area contributed by atoms with Crippen molar-refractivity contribution in [2.45, 2.75) is 31.8 Å². The summed E-state index contributed by atoms with van der Waals surface area (Å²) >= 11 is 0. The summed E-state index contributed by atoms with van der Waals surface area (Å²) in [6, 6.07) is 9.01. The molecule has 0 saturated heterocycles. The van der Waals surface area contributed by atoms with Crippen LogP contribution in [0.3, 0.4) is 0 Å². The Hall–Kier alpha value is -1.88. The van der Waals surface area contributed by atoms with Crippen LogP contribution in [0.1, 0.15) is 24.8 Å². The van der Waals surface area contributed by atoms with Gasteiger partial charge in [-0.3, -0.25) is 9.59 Å². The Morgan fingerprint density at radius 2 is 1.89 bits per heavy atom. The van der Waals surface area contributed by atoms with E-state index in [-0.39, 0.29) is 18.2 Å². The second-order valence-corrected chi connectivity index (χ2v) is 4.17. The minimum atomic E-state index is -0.590. The summed E-state index contributed by atoms with van der Waals surface area (Å²) in [7, 11) is 0. The predicted molar refractivity (Wildman–Crippen MR) is 69.3 cm³/mol. The Balaban J connectivity index is 2.25. The van der Waals surface area contributed by atoms with Crippen LogP contribution in [0.25, 0.3) is 0 Å². The van der Waals surface area contributed by atoms with E-state index in [1.807, 2.05) is 30.3 Å². The number of carbonyl (C=O) groups is 2. The number of hydrogen-bond acceptors (Lipinski definition) is 3. The average Bonchev–Trinajstić information content (AvgIpc) is 2.36. The lowest BCUT2D eigenvalue weighted by atomic mass is 10.1. The number of benzene rings is 1. The van der Waals surface area contributed by atoms with E-state index in [1.165, 1.54) is 0 Å². The highest BCUT2D eigenvalue weighted by Crippen LogP contribution is 2.00. The maximum atomic E-state index is 11.6. The van der Waals surface area contributed by atoms with Crippen LogP contribution in [0.15, 0.2) is 30.3 Å². The number of primary amides is 1. The summed E-state index contributed by atoms with van der Waals surface area (Å²) in [6.45, 7) is 0.462. The van der Waals surface area contributed by atoms with Gasteiger partial charge in [-0.05, 0) is 18.4 Å². The highest BCUT2D eigenvalue weighted by molar-refractivity contribution is 5.81. The number of nitrogens with one attached hydrogen (secondary N) is 1. The van der Waals surface area contributed by atoms with Crippen molar-refractivity contribution in [2.75, 3.05) is 0 Å². The summed E-state index contributed by atoms with van der Waals surface area (Å²) in [5.74, 6) is -0.574. The van der Waals surface area contributed by atoms with Crippen molar-refractivity contribution in [1.82, 2.24) is 5.32 Å². The molecular weight excluding hydrogens is 230 g/mol. The maximum Gasteiger partial charge on any atom is 0.237 e. The van der Waals surface area contributed by atoms with E-state index in [4.69, 9.17) is 11.5 Å². The van der Waals surface area contributed by atoms with Gasteiger partial charge in [-0.15, -0.1) is 0 Å². The number of carbonyl (C=O) groups excluding carboxylic acids is 2. The van der Waals surface area contributed by atoms with Gasteiger partial charge >= 0.3 is 0 Å². The molecule has 0 aliphatic heterocycles. The Kier molecular flexibility index (Phi) is 5.87. The lowest BCUT2D eigenvalue weighted by Gasteiger charge is -2.11. The smallest absolute Gasteiger partial charge is 0.237 e. The van der Waals surface area contributed by atoms with E-state index in [1.54, 1.807) is 0 Å². The van der Waals surface area contributed by atoms with Crippen LogP contribution in [0, 0.1) is 0 Å². The van der Waals surface area contributed by atoms with Crippen molar-refractivity contribution in [2.24, 2.45) is 11.5 Å². The quantitative estimate of drug-likeness (QED) is 0.647. The number of rotatable bonds is 7. The second-order valence-electron chi connectivity index (χ2n) is 4.17. The van der Waals surface area contributed by atoms with Gasteiger partial charge in [0.25, 0.3) is 0 Å². The van der Waals surface area contributed by atoms with Crippen molar-refractivity contribution in [3.05, 3.63) is 35.9 Å². The van der Waals surface area contributed by atoms with Crippen LogP contribution in [-0.4, -0.2) is 17.9 Å². The zero-order valence-electron chi connectivity index (χ0n) is 10.3. The second kappa shape index (κ2) is 7.45. The first-order chi connectivity index (χ1) is 8.59. The first kappa shape index (κ1) is 14.2. The highest BCUT2D eigenvalue weighted by atomic mass is 16.2. The third kappa shape index (κ3) is 5.45. The Labute approximate surface area is 107 Å². The zero-order chi connectivity index (χ0) is 13.4. The first-order valence-electron chi connectivity index (χ1n) is 5.95. The lowest BCUT2D eigenvalue weighted by molar-refractivity contribution is -0.123. The highest BCUT2D eigenvalue weighted by Gasteiger charge is 2.12. The molecule has 0 radical (unpaired) electrons. The molecule has 18 heavy (non-hydrogen) atoms. The van der Waals surface area contributed by atoms with Crippen molar-refractivity contribution in [1.29, 1.82) is 0 Å². The van der Waals surface area contributed by atoms with Crippen molar-refractivity contribution >= 4 is 11.8 Å². The molecule has 0 spiro atoms. The molecule has 0 aromatic heterocycles. The van der Waals surface area contributed by atoms with Crippen LogP contribution < -0.4 is 16.8 Å². The topological polar surface area (TPSA) is 98.2 Å². The van der Waals surface area contributed by atoms with Gasteiger partial charge in [0.05, 0.1) is 6.04 Å². The molecule has 0 aliphatic rings. The largest absolute Gasteiger partial charge is 0.370 e. The normalized spacial score (nSPS) is 11.8. The summed E-state index contributed by atoms with van der Waals surface area (Å²) in [6.07, 6.45) is 1.26. The van der Waals surface area contributed by atoms with Gasteiger partial charge in [0.1, 0.15) is 0 Å². The molecule has 5 N–H and O–H groups in total. The van der Waals surface area contributed by atoms with E-state index < -0.39 is 6.04 Å². The molecule has 1 rings (SSSR count). The van der Waals surface area contributed by atoms with Crippen LogP contribution >= 0.6 is 0 Å². The molecule has 0 aliphatic carbocycles. The first-order valence-corrected chi connectivity index (χ1v) is 5.95. The van der Waals surface area contributed by atoms with E-state index in [9.17, 15) is 9.59 Å². The van der Waals surface area contributed by atoms with Crippen LogP contribution in [0.2, 0.25) is 0 Å². The summed E-state index contributed by atoms with van der Waals surface area (Å²) in [5.41, 5.74) is 11.7. The van der Waals surface area contributed by atoms with E-state index in [2.05, 4.69) is 5.32 Å². The molecule has 98 valence electrons. The van der Waals surface area contributed by atoms with Crippen molar-refractivity contribution < 1.29 is 9.59 Å². The number of hydrogen-bond donors (Lipinski definition) is 3.